The van der Waals surface area contributed by atoms with Crippen molar-refractivity contribution in [3.8, 4) is 55.6 Å². The van der Waals surface area contributed by atoms with Gasteiger partial charge in [-0.2, -0.15) is 0 Å². The Labute approximate surface area is 349 Å². The van der Waals surface area contributed by atoms with Gasteiger partial charge >= 0.3 is 0 Å². The molecule has 0 bridgehead atoms. The fraction of sp³-hybridized carbons (Fsp3) is 0. The van der Waals surface area contributed by atoms with Gasteiger partial charge in [0, 0.05) is 27.8 Å². The van der Waals surface area contributed by atoms with Gasteiger partial charge in [-0.25, -0.2) is 0 Å². The van der Waals surface area contributed by atoms with Gasteiger partial charge in [0.1, 0.15) is 11.2 Å². The predicted octanol–water partition coefficient (Wildman–Crippen LogP) is 16.5. The lowest BCUT2D eigenvalue weighted by Gasteiger charge is -2.26. The molecule has 0 aliphatic rings. The van der Waals surface area contributed by atoms with Crippen molar-refractivity contribution in [2.45, 2.75) is 0 Å². The molecule has 0 saturated carbocycles. The molecule has 282 valence electrons. The number of benzene rings is 10. The van der Waals surface area contributed by atoms with Crippen LogP contribution in [0.2, 0.25) is 0 Å². The topological polar surface area (TPSA) is 16.4 Å². The van der Waals surface area contributed by atoms with Gasteiger partial charge in [-0.15, -0.1) is 0 Å². The second kappa shape index (κ2) is 15.1. The number of rotatable bonds is 8. The van der Waals surface area contributed by atoms with Gasteiger partial charge in [-0.3, -0.25) is 0 Å². The zero-order chi connectivity index (χ0) is 39.8. The van der Waals surface area contributed by atoms with Crippen LogP contribution in [0.4, 0.5) is 17.1 Å². The largest absolute Gasteiger partial charge is 0.456 e. The van der Waals surface area contributed by atoms with Crippen molar-refractivity contribution in [2.75, 3.05) is 4.90 Å². The van der Waals surface area contributed by atoms with Gasteiger partial charge in [-0.1, -0.05) is 170 Å². The number of fused-ring (bicyclic) bond motifs is 4. The molecule has 0 spiro atoms. The van der Waals surface area contributed by atoms with E-state index in [4.69, 9.17) is 4.42 Å². The van der Waals surface area contributed by atoms with Crippen LogP contribution in [0, 0.1) is 0 Å². The van der Waals surface area contributed by atoms with Crippen molar-refractivity contribution in [3.63, 3.8) is 0 Å². The quantitative estimate of drug-likeness (QED) is 0.153. The van der Waals surface area contributed by atoms with Gasteiger partial charge in [0.2, 0.25) is 0 Å². The number of anilines is 3. The maximum atomic E-state index is 6.36. The molecule has 0 saturated heterocycles. The number of hydrogen-bond acceptors (Lipinski definition) is 2. The average Bonchev–Trinajstić information content (AvgIpc) is 3.70. The minimum absolute atomic E-state index is 0.893. The SMILES string of the molecule is c1ccc(-c2ccc(N(c3ccc(-c4ccccc4)cc3)c3ccc(-c4cccc(-c5ccc6oc7ccc(-c8cccc9ccccc89)cc7c6c5)c4)cc3)cc2)cc1. The van der Waals surface area contributed by atoms with Gasteiger partial charge in [0.25, 0.3) is 0 Å². The van der Waals surface area contributed by atoms with Crippen LogP contribution in [0.3, 0.4) is 0 Å². The molecule has 2 heteroatoms. The number of furan rings is 1. The van der Waals surface area contributed by atoms with Crippen LogP contribution in [0.5, 0.6) is 0 Å². The van der Waals surface area contributed by atoms with E-state index in [0.717, 1.165) is 55.7 Å². The van der Waals surface area contributed by atoms with Crippen molar-refractivity contribution < 1.29 is 4.42 Å². The molecule has 0 fully saturated rings. The van der Waals surface area contributed by atoms with E-state index in [2.05, 4.69) is 241 Å². The second-order valence-electron chi connectivity index (χ2n) is 15.3. The molecule has 0 amide bonds. The lowest BCUT2D eigenvalue weighted by molar-refractivity contribution is 0.669. The summed E-state index contributed by atoms with van der Waals surface area (Å²) in [7, 11) is 0. The number of hydrogen-bond donors (Lipinski definition) is 0. The molecule has 0 N–H and O–H groups in total. The fourth-order valence-electron chi connectivity index (χ4n) is 8.60. The first-order chi connectivity index (χ1) is 29.7. The summed E-state index contributed by atoms with van der Waals surface area (Å²) in [4.78, 5) is 2.33. The molecule has 1 aromatic heterocycles. The Morgan fingerprint density at radius 2 is 0.633 bits per heavy atom. The van der Waals surface area contributed by atoms with Crippen LogP contribution < -0.4 is 4.90 Å². The zero-order valence-electron chi connectivity index (χ0n) is 32.9. The van der Waals surface area contributed by atoms with Crippen molar-refractivity contribution in [3.05, 3.63) is 237 Å². The summed E-state index contributed by atoms with van der Waals surface area (Å²) in [6.45, 7) is 0. The summed E-state index contributed by atoms with van der Waals surface area (Å²) in [6.07, 6.45) is 0. The normalized spacial score (nSPS) is 11.3. The Hall–Kier alpha value is -7.94. The summed E-state index contributed by atoms with van der Waals surface area (Å²) in [5.41, 5.74) is 16.9. The predicted molar refractivity (Wildman–Crippen MR) is 253 cm³/mol. The van der Waals surface area contributed by atoms with Crippen molar-refractivity contribution in [2.24, 2.45) is 0 Å². The first kappa shape index (κ1) is 35.2. The second-order valence-corrected chi connectivity index (χ2v) is 15.3. The molecule has 0 atom stereocenters. The maximum Gasteiger partial charge on any atom is 0.135 e. The molecular formula is C58H39NO. The lowest BCUT2D eigenvalue weighted by atomic mass is 9.96. The number of nitrogens with zero attached hydrogens (tertiary/aromatic N) is 1. The first-order valence-electron chi connectivity index (χ1n) is 20.5. The van der Waals surface area contributed by atoms with E-state index in [1.165, 1.54) is 49.7 Å². The van der Waals surface area contributed by atoms with Crippen LogP contribution in [-0.2, 0) is 0 Å². The van der Waals surface area contributed by atoms with Crippen LogP contribution >= 0.6 is 0 Å². The minimum Gasteiger partial charge on any atom is -0.456 e. The summed E-state index contributed by atoms with van der Waals surface area (Å²) in [5.74, 6) is 0. The lowest BCUT2D eigenvalue weighted by Crippen LogP contribution is -2.09. The zero-order valence-corrected chi connectivity index (χ0v) is 32.9. The van der Waals surface area contributed by atoms with E-state index >= 15 is 0 Å². The fourth-order valence-corrected chi connectivity index (χ4v) is 8.60. The Morgan fingerprint density at radius 3 is 1.22 bits per heavy atom. The first-order valence-corrected chi connectivity index (χ1v) is 20.5. The van der Waals surface area contributed by atoms with Crippen molar-refractivity contribution in [1.82, 2.24) is 0 Å². The molecule has 11 aromatic rings. The van der Waals surface area contributed by atoms with Crippen LogP contribution in [-0.4, -0.2) is 0 Å². The third-order valence-corrected chi connectivity index (χ3v) is 11.7. The summed E-state index contributed by atoms with van der Waals surface area (Å²) >= 11 is 0. The highest BCUT2D eigenvalue weighted by molar-refractivity contribution is 6.09. The molecule has 10 aromatic carbocycles. The van der Waals surface area contributed by atoms with E-state index in [-0.39, 0.29) is 0 Å². The summed E-state index contributed by atoms with van der Waals surface area (Å²) in [5, 5.41) is 4.73. The third kappa shape index (κ3) is 6.61. The highest BCUT2D eigenvalue weighted by atomic mass is 16.3. The van der Waals surface area contributed by atoms with E-state index in [9.17, 15) is 0 Å². The van der Waals surface area contributed by atoms with E-state index in [1.54, 1.807) is 0 Å². The molecule has 60 heavy (non-hydrogen) atoms. The molecular weight excluding hydrogens is 727 g/mol. The van der Waals surface area contributed by atoms with Gasteiger partial charge in [-0.05, 0) is 133 Å². The third-order valence-electron chi connectivity index (χ3n) is 11.7. The Balaban J connectivity index is 0.923. The van der Waals surface area contributed by atoms with Crippen LogP contribution in [0.25, 0.3) is 88.3 Å². The molecule has 11 rings (SSSR count). The highest BCUT2D eigenvalue weighted by Crippen LogP contribution is 2.40. The Morgan fingerprint density at radius 1 is 0.250 bits per heavy atom. The van der Waals surface area contributed by atoms with Gasteiger partial charge in [0.05, 0.1) is 0 Å². The Bertz CT molecular complexity index is 3190. The smallest absolute Gasteiger partial charge is 0.135 e. The molecule has 1 heterocycles. The summed E-state index contributed by atoms with van der Waals surface area (Å²) < 4.78 is 6.36. The van der Waals surface area contributed by atoms with Gasteiger partial charge < -0.3 is 9.32 Å². The van der Waals surface area contributed by atoms with E-state index < -0.39 is 0 Å². The average molecular weight is 766 g/mol. The molecule has 0 aliphatic heterocycles. The maximum absolute atomic E-state index is 6.36. The van der Waals surface area contributed by atoms with E-state index in [0.29, 0.717) is 0 Å². The van der Waals surface area contributed by atoms with Crippen LogP contribution in [0.1, 0.15) is 0 Å². The Kier molecular flexibility index (Phi) is 8.87. The molecule has 0 unspecified atom stereocenters. The molecule has 0 radical (unpaired) electrons. The molecule has 0 aliphatic carbocycles. The van der Waals surface area contributed by atoms with Gasteiger partial charge in [0.15, 0.2) is 0 Å². The van der Waals surface area contributed by atoms with Crippen molar-refractivity contribution >= 4 is 49.8 Å². The monoisotopic (exact) mass is 765 g/mol. The van der Waals surface area contributed by atoms with Crippen LogP contribution in [0.15, 0.2) is 241 Å². The van der Waals surface area contributed by atoms with E-state index in [1.807, 2.05) is 0 Å². The highest BCUT2D eigenvalue weighted by Gasteiger charge is 2.15. The molecule has 2 nitrogen and oxygen atoms in total. The minimum atomic E-state index is 0.893. The van der Waals surface area contributed by atoms with Crippen molar-refractivity contribution in [1.29, 1.82) is 0 Å². The standard InChI is InChI=1S/C58H39NO/c1-3-11-40(12-4-1)42-21-29-50(30-22-42)59(51-31-23-43(24-32-51)41-13-5-2-6-14-41)52-33-25-44(26-34-52)46-17-9-18-47(37-46)48-27-35-57-55(38-48)56-39-49(28-36-58(56)60-57)54-20-10-16-45-15-7-8-19-53(45)54/h1-39H. The summed E-state index contributed by atoms with van der Waals surface area (Å²) in [6, 6.07) is 84.8.